The highest BCUT2D eigenvalue weighted by atomic mass is 19.1. The second-order valence-corrected chi connectivity index (χ2v) is 3.63. The minimum absolute atomic E-state index is 0.0829. The Morgan fingerprint density at radius 3 is 2.57 bits per heavy atom. The first-order valence-electron chi connectivity index (χ1n) is 5.02. The van der Waals surface area contributed by atoms with E-state index in [1.807, 2.05) is 26.8 Å². The normalized spacial score (nSPS) is 11.1. The Labute approximate surface area is 85.5 Å². The molecule has 0 saturated heterocycles. The van der Waals surface area contributed by atoms with E-state index in [9.17, 15) is 4.39 Å². The van der Waals surface area contributed by atoms with Gasteiger partial charge in [0, 0.05) is 0 Å². The van der Waals surface area contributed by atoms with E-state index in [0.29, 0.717) is 0 Å². The van der Waals surface area contributed by atoms with Gasteiger partial charge in [-0.3, -0.25) is 0 Å². The average molecular weight is 192 g/mol. The largest absolute Gasteiger partial charge is 0.207 e. The molecule has 0 aromatic heterocycles. The Morgan fingerprint density at radius 2 is 2.00 bits per heavy atom. The lowest BCUT2D eigenvalue weighted by Gasteiger charge is -2.05. The van der Waals surface area contributed by atoms with Crippen LogP contribution in [0.2, 0.25) is 0 Å². The van der Waals surface area contributed by atoms with Crippen LogP contribution >= 0.6 is 0 Å². The van der Waals surface area contributed by atoms with Crippen LogP contribution in [0.15, 0.2) is 24.3 Å². The van der Waals surface area contributed by atoms with Crippen molar-refractivity contribution in [3.8, 4) is 0 Å². The first-order chi connectivity index (χ1) is 6.65. The number of aryl methyl sites for hydroxylation is 2. The van der Waals surface area contributed by atoms with E-state index in [1.165, 1.54) is 0 Å². The van der Waals surface area contributed by atoms with Gasteiger partial charge in [-0.15, -0.1) is 0 Å². The molecule has 0 unspecified atom stereocenters. The summed E-state index contributed by atoms with van der Waals surface area (Å²) in [4.78, 5) is 0. The van der Waals surface area contributed by atoms with Crippen molar-refractivity contribution in [2.24, 2.45) is 0 Å². The molecule has 14 heavy (non-hydrogen) atoms. The molecule has 0 aliphatic carbocycles. The van der Waals surface area contributed by atoms with Gasteiger partial charge in [-0.25, -0.2) is 4.39 Å². The maximum atomic E-state index is 13.3. The Balaban J connectivity index is 2.79. The zero-order valence-electron chi connectivity index (χ0n) is 9.10. The van der Waals surface area contributed by atoms with E-state index in [1.54, 1.807) is 6.07 Å². The highest BCUT2D eigenvalue weighted by molar-refractivity contribution is 5.31. The van der Waals surface area contributed by atoms with Crippen LogP contribution in [0.25, 0.3) is 0 Å². The van der Waals surface area contributed by atoms with Crippen molar-refractivity contribution < 1.29 is 4.39 Å². The van der Waals surface area contributed by atoms with Crippen LogP contribution in [0.4, 0.5) is 4.39 Å². The third-order valence-corrected chi connectivity index (χ3v) is 2.50. The van der Waals surface area contributed by atoms with Crippen LogP contribution in [-0.4, -0.2) is 0 Å². The molecule has 0 nitrogen and oxygen atoms in total. The molecule has 0 amide bonds. The minimum atomic E-state index is -0.0829. The highest BCUT2D eigenvalue weighted by Crippen LogP contribution is 2.15. The lowest BCUT2D eigenvalue weighted by Crippen LogP contribution is -1.92. The van der Waals surface area contributed by atoms with Gasteiger partial charge in [0.25, 0.3) is 0 Å². The van der Waals surface area contributed by atoms with Gasteiger partial charge in [-0.05, 0) is 56.4 Å². The molecule has 0 bridgehead atoms. The molecule has 0 aliphatic rings. The van der Waals surface area contributed by atoms with Gasteiger partial charge >= 0.3 is 0 Å². The summed E-state index contributed by atoms with van der Waals surface area (Å²) in [6.07, 6.45) is 6.03. The number of hydrogen-bond acceptors (Lipinski definition) is 0. The summed E-state index contributed by atoms with van der Waals surface area (Å²) in [6, 6.07) is 3.72. The van der Waals surface area contributed by atoms with Crippen LogP contribution < -0.4 is 0 Å². The van der Waals surface area contributed by atoms with Gasteiger partial charge in [-0.1, -0.05) is 18.2 Å². The van der Waals surface area contributed by atoms with Crippen LogP contribution in [0.1, 0.15) is 30.0 Å². The Morgan fingerprint density at radius 1 is 1.29 bits per heavy atom. The van der Waals surface area contributed by atoms with E-state index >= 15 is 0 Å². The summed E-state index contributed by atoms with van der Waals surface area (Å²) in [5, 5.41) is 0. The predicted octanol–water partition coefficient (Wildman–Crippen LogP) is 3.95. The molecule has 1 aromatic carbocycles. The quantitative estimate of drug-likeness (QED) is 0.636. The molecule has 0 N–H and O–H groups in total. The maximum absolute atomic E-state index is 13.3. The van der Waals surface area contributed by atoms with Crippen molar-refractivity contribution in [3.05, 3.63) is 46.8 Å². The monoisotopic (exact) mass is 192 g/mol. The Bertz CT molecular complexity index is 314. The fourth-order valence-electron chi connectivity index (χ4n) is 1.45. The Kier molecular flexibility index (Phi) is 3.87. The summed E-state index contributed by atoms with van der Waals surface area (Å²) in [5.41, 5.74) is 2.89. The van der Waals surface area contributed by atoms with Crippen molar-refractivity contribution in [1.29, 1.82) is 0 Å². The van der Waals surface area contributed by atoms with Gasteiger partial charge in [0.2, 0.25) is 0 Å². The zero-order chi connectivity index (χ0) is 10.6. The molecule has 0 saturated carbocycles. The van der Waals surface area contributed by atoms with Crippen molar-refractivity contribution in [2.45, 2.75) is 33.6 Å². The second kappa shape index (κ2) is 4.94. The molecule has 0 spiro atoms. The lowest BCUT2D eigenvalue weighted by atomic mass is 10.0. The Hall–Kier alpha value is -1.11. The van der Waals surface area contributed by atoms with Crippen molar-refractivity contribution in [1.82, 2.24) is 0 Å². The molecule has 0 fully saturated rings. The van der Waals surface area contributed by atoms with Gasteiger partial charge in [-0.2, -0.15) is 0 Å². The van der Waals surface area contributed by atoms with Gasteiger partial charge < -0.3 is 0 Å². The molecule has 1 heteroatoms. The van der Waals surface area contributed by atoms with Crippen LogP contribution in [0, 0.1) is 19.7 Å². The molecule has 1 aromatic rings. The SMILES string of the molecule is C/C=C/CCc1cc(C)c(C)c(F)c1. The first-order valence-corrected chi connectivity index (χ1v) is 5.02. The van der Waals surface area contributed by atoms with Crippen LogP contribution in [0.3, 0.4) is 0 Å². The summed E-state index contributed by atoms with van der Waals surface area (Å²) < 4.78 is 13.3. The molecular weight excluding hydrogens is 175 g/mol. The highest BCUT2D eigenvalue weighted by Gasteiger charge is 2.02. The van der Waals surface area contributed by atoms with E-state index in [2.05, 4.69) is 12.1 Å². The first kappa shape index (κ1) is 11.0. The number of rotatable bonds is 3. The summed E-state index contributed by atoms with van der Waals surface area (Å²) in [7, 11) is 0. The number of allylic oxidation sites excluding steroid dienone is 2. The maximum Gasteiger partial charge on any atom is 0.126 e. The van der Waals surface area contributed by atoms with Gasteiger partial charge in [0.05, 0.1) is 0 Å². The topological polar surface area (TPSA) is 0 Å². The molecule has 0 aliphatic heterocycles. The lowest BCUT2D eigenvalue weighted by molar-refractivity contribution is 0.614. The zero-order valence-corrected chi connectivity index (χ0v) is 9.10. The second-order valence-electron chi connectivity index (χ2n) is 3.63. The van der Waals surface area contributed by atoms with Gasteiger partial charge in [0.15, 0.2) is 0 Å². The smallest absolute Gasteiger partial charge is 0.126 e. The van der Waals surface area contributed by atoms with Crippen LogP contribution in [0.5, 0.6) is 0 Å². The van der Waals surface area contributed by atoms with E-state index in [4.69, 9.17) is 0 Å². The number of halogens is 1. The van der Waals surface area contributed by atoms with E-state index < -0.39 is 0 Å². The fraction of sp³-hybridized carbons (Fsp3) is 0.385. The number of benzene rings is 1. The van der Waals surface area contributed by atoms with Crippen molar-refractivity contribution in [3.63, 3.8) is 0 Å². The molecule has 0 radical (unpaired) electrons. The third-order valence-electron chi connectivity index (χ3n) is 2.50. The molecule has 76 valence electrons. The van der Waals surface area contributed by atoms with Crippen molar-refractivity contribution in [2.75, 3.05) is 0 Å². The predicted molar refractivity (Wildman–Crippen MR) is 59.0 cm³/mol. The molecule has 0 atom stereocenters. The standard InChI is InChI=1S/C13H17F/c1-4-5-6-7-12-8-10(2)11(3)13(14)9-12/h4-5,8-9H,6-7H2,1-3H3/b5-4+. The van der Waals surface area contributed by atoms with Gasteiger partial charge in [0.1, 0.15) is 5.82 Å². The molecule has 0 heterocycles. The third kappa shape index (κ3) is 2.69. The summed E-state index contributed by atoms with van der Waals surface area (Å²) in [5.74, 6) is -0.0829. The fourth-order valence-corrected chi connectivity index (χ4v) is 1.45. The van der Waals surface area contributed by atoms with E-state index in [-0.39, 0.29) is 5.82 Å². The average Bonchev–Trinajstić information content (AvgIpc) is 2.14. The minimum Gasteiger partial charge on any atom is -0.207 e. The summed E-state index contributed by atoms with van der Waals surface area (Å²) >= 11 is 0. The van der Waals surface area contributed by atoms with Crippen molar-refractivity contribution >= 4 is 0 Å². The van der Waals surface area contributed by atoms with E-state index in [0.717, 1.165) is 29.5 Å². The molecular formula is C13H17F. The molecule has 1 rings (SSSR count). The number of hydrogen-bond donors (Lipinski definition) is 0. The van der Waals surface area contributed by atoms with Crippen LogP contribution in [-0.2, 0) is 6.42 Å². The summed E-state index contributed by atoms with van der Waals surface area (Å²) in [6.45, 7) is 5.78.